The Hall–Kier alpha value is -3.23. The van der Waals surface area contributed by atoms with E-state index in [9.17, 15) is 4.79 Å². The third-order valence-corrected chi connectivity index (χ3v) is 4.72. The van der Waals surface area contributed by atoms with Crippen molar-refractivity contribution in [1.29, 1.82) is 0 Å². The summed E-state index contributed by atoms with van der Waals surface area (Å²) < 4.78 is 10.7. The Morgan fingerprint density at radius 2 is 1.90 bits per heavy atom. The quantitative estimate of drug-likeness (QED) is 0.770. The largest absolute Gasteiger partial charge is 0.493 e. The highest BCUT2D eigenvalue weighted by atomic mass is 16.5. The number of methoxy groups -OCH3 is 2. The summed E-state index contributed by atoms with van der Waals surface area (Å²) in [4.78, 5) is 25.6. The molecule has 0 unspecified atom stereocenters. The highest BCUT2D eigenvalue weighted by Crippen LogP contribution is 2.34. The molecule has 0 saturated carbocycles. The van der Waals surface area contributed by atoms with Crippen molar-refractivity contribution in [2.75, 3.05) is 62.5 Å². The maximum atomic E-state index is 12.7. The third-order valence-electron chi connectivity index (χ3n) is 4.72. The van der Waals surface area contributed by atoms with Gasteiger partial charge in [-0.1, -0.05) is 6.07 Å². The molecule has 1 aliphatic heterocycles. The van der Waals surface area contributed by atoms with Crippen LogP contribution in [0.25, 0.3) is 0 Å². The first-order chi connectivity index (χ1) is 14.0. The van der Waals surface area contributed by atoms with Gasteiger partial charge >= 0.3 is 6.03 Å². The van der Waals surface area contributed by atoms with Crippen molar-refractivity contribution in [3.8, 4) is 11.5 Å². The second-order valence-electron chi connectivity index (χ2n) is 6.63. The number of amides is 2. The van der Waals surface area contributed by atoms with Crippen molar-refractivity contribution in [2.24, 2.45) is 0 Å². The van der Waals surface area contributed by atoms with Crippen LogP contribution in [-0.4, -0.2) is 67.8 Å². The molecular formula is C20H28N6O3. The second-order valence-corrected chi connectivity index (χ2v) is 6.63. The fourth-order valence-corrected chi connectivity index (χ4v) is 3.30. The molecule has 0 radical (unpaired) electrons. The number of urea groups is 1. The Kier molecular flexibility index (Phi) is 6.58. The summed E-state index contributed by atoms with van der Waals surface area (Å²) in [6.07, 6.45) is 0. The van der Waals surface area contributed by atoms with Gasteiger partial charge in [-0.15, -0.1) is 0 Å². The lowest BCUT2D eigenvalue weighted by atomic mass is 10.2. The molecule has 1 fully saturated rings. The Balaban J connectivity index is 1.63. The molecule has 0 atom stereocenters. The summed E-state index contributed by atoms with van der Waals surface area (Å²) >= 11 is 0. The van der Waals surface area contributed by atoms with Crippen LogP contribution < -0.4 is 25.0 Å². The van der Waals surface area contributed by atoms with E-state index in [-0.39, 0.29) is 6.03 Å². The number of nitrogens with one attached hydrogen (secondary N) is 2. The van der Waals surface area contributed by atoms with Gasteiger partial charge in [-0.2, -0.15) is 0 Å². The van der Waals surface area contributed by atoms with Gasteiger partial charge in [0.15, 0.2) is 11.5 Å². The molecule has 3 rings (SSSR count). The molecule has 2 heterocycles. The number of para-hydroxylation sites is 1. The Labute approximate surface area is 171 Å². The van der Waals surface area contributed by atoms with E-state index in [2.05, 4.69) is 25.5 Å². The van der Waals surface area contributed by atoms with E-state index in [1.54, 1.807) is 31.3 Å². The average molecular weight is 400 g/mol. The van der Waals surface area contributed by atoms with E-state index in [0.717, 1.165) is 24.0 Å². The summed E-state index contributed by atoms with van der Waals surface area (Å²) in [5.74, 6) is 3.51. The number of carbonyl (C=O) groups is 1. The monoisotopic (exact) mass is 400 g/mol. The van der Waals surface area contributed by atoms with Crippen LogP contribution in [0.3, 0.4) is 0 Å². The molecule has 9 heteroatoms. The molecule has 1 aromatic carbocycles. The molecule has 1 aromatic heterocycles. The minimum absolute atomic E-state index is 0.164. The number of nitrogens with zero attached hydrogens (tertiary/aromatic N) is 4. The molecule has 2 N–H and O–H groups in total. The standard InChI is InChI=1S/C20H28N6O3/c1-5-21-17-13-18(23-14(2)22-17)25-9-11-26(12-10-25)20(27)24-15-7-6-8-16(28-3)19(15)29-4/h6-8,13H,5,9-12H2,1-4H3,(H,24,27)(H,21,22,23). The van der Waals surface area contributed by atoms with E-state index in [1.165, 1.54) is 0 Å². The Morgan fingerprint density at radius 3 is 2.55 bits per heavy atom. The zero-order valence-electron chi connectivity index (χ0n) is 17.4. The highest BCUT2D eigenvalue weighted by molar-refractivity contribution is 5.91. The first-order valence-electron chi connectivity index (χ1n) is 9.67. The number of carbonyl (C=O) groups excluding carboxylic acids is 1. The van der Waals surface area contributed by atoms with Crippen LogP contribution in [0.1, 0.15) is 12.7 Å². The number of anilines is 3. The van der Waals surface area contributed by atoms with E-state index in [0.29, 0.717) is 43.4 Å². The lowest BCUT2D eigenvalue weighted by molar-refractivity contribution is 0.208. The lowest BCUT2D eigenvalue weighted by Gasteiger charge is -2.35. The fraction of sp³-hybridized carbons (Fsp3) is 0.450. The number of ether oxygens (including phenoxy) is 2. The number of hydrogen-bond acceptors (Lipinski definition) is 7. The van der Waals surface area contributed by atoms with Crippen LogP contribution in [0.15, 0.2) is 24.3 Å². The van der Waals surface area contributed by atoms with Gasteiger partial charge < -0.3 is 29.9 Å². The first-order valence-corrected chi connectivity index (χ1v) is 9.67. The lowest BCUT2D eigenvalue weighted by Crippen LogP contribution is -2.50. The van der Waals surface area contributed by atoms with Gasteiger partial charge in [0.1, 0.15) is 17.5 Å². The Morgan fingerprint density at radius 1 is 1.14 bits per heavy atom. The molecule has 2 amide bonds. The second kappa shape index (κ2) is 9.31. The van der Waals surface area contributed by atoms with Crippen molar-refractivity contribution in [2.45, 2.75) is 13.8 Å². The Bertz CT molecular complexity index is 852. The number of aryl methyl sites for hydroxylation is 1. The van der Waals surface area contributed by atoms with Crippen molar-refractivity contribution in [3.05, 3.63) is 30.1 Å². The molecule has 2 aromatic rings. The van der Waals surface area contributed by atoms with E-state index < -0.39 is 0 Å². The summed E-state index contributed by atoms with van der Waals surface area (Å²) in [7, 11) is 3.12. The van der Waals surface area contributed by atoms with E-state index in [4.69, 9.17) is 9.47 Å². The molecule has 0 aliphatic carbocycles. The van der Waals surface area contributed by atoms with Crippen LogP contribution >= 0.6 is 0 Å². The molecule has 9 nitrogen and oxygen atoms in total. The normalized spacial score (nSPS) is 13.8. The number of rotatable bonds is 6. The molecule has 0 bridgehead atoms. The van der Waals surface area contributed by atoms with Crippen molar-refractivity contribution >= 4 is 23.4 Å². The average Bonchev–Trinajstić information content (AvgIpc) is 2.73. The van der Waals surface area contributed by atoms with Gasteiger partial charge in [-0.05, 0) is 26.0 Å². The SMILES string of the molecule is CCNc1cc(N2CCN(C(=O)Nc3cccc(OC)c3OC)CC2)nc(C)n1. The van der Waals surface area contributed by atoms with E-state index >= 15 is 0 Å². The predicted octanol–water partition coefficient (Wildman–Crippen LogP) is 2.59. The minimum atomic E-state index is -0.164. The zero-order valence-corrected chi connectivity index (χ0v) is 17.4. The van der Waals surface area contributed by atoms with Crippen molar-refractivity contribution < 1.29 is 14.3 Å². The summed E-state index contributed by atoms with van der Waals surface area (Å²) in [6.45, 7) is 7.31. The highest BCUT2D eigenvalue weighted by Gasteiger charge is 2.23. The van der Waals surface area contributed by atoms with Gasteiger partial charge in [0.2, 0.25) is 0 Å². The number of piperazine rings is 1. The summed E-state index contributed by atoms with van der Waals surface area (Å²) in [5, 5.41) is 6.15. The number of benzene rings is 1. The van der Waals surface area contributed by atoms with Crippen LogP contribution in [0.2, 0.25) is 0 Å². The smallest absolute Gasteiger partial charge is 0.322 e. The molecule has 1 aliphatic rings. The molecule has 156 valence electrons. The van der Waals surface area contributed by atoms with Crippen LogP contribution in [0.5, 0.6) is 11.5 Å². The topological polar surface area (TPSA) is 91.9 Å². The molecular weight excluding hydrogens is 372 g/mol. The number of aromatic nitrogens is 2. The van der Waals surface area contributed by atoms with Gasteiger partial charge in [0.05, 0.1) is 19.9 Å². The first kappa shape index (κ1) is 20.5. The molecule has 1 saturated heterocycles. The minimum Gasteiger partial charge on any atom is -0.493 e. The van der Waals surface area contributed by atoms with Crippen LogP contribution in [-0.2, 0) is 0 Å². The van der Waals surface area contributed by atoms with E-state index in [1.807, 2.05) is 26.0 Å². The third kappa shape index (κ3) is 4.79. The maximum Gasteiger partial charge on any atom is 0.322 e. The van der Waals surface area contributed by atoms with Gasteiger partial charge in [0, 0.05) is 38.8 Å². The van der Waals surface area contributed by atoms with Gasteiger partial charge in [-0.25, -0.2) is 14.8 Å². The predicted molar refractivity (Wildman–Crippen MR) is 113 cm³/mol. The zero-order chi connectivity index (χ0) is 20.8. The maximum absolute atomic E-state index is 12.7. The number of hydrogen-bond donors (Lipinski definition) is 2. The summed E-state index contributed by atoms with van der Waals surface area (Å²) in [6, 6.07) is 7.19. The fourth-order valence-electron chi connectivity index (χ4n) is 3.30. The van der Waals surface area contributed by atoms with Crippen LogP contribution in [0.4, 0.5) is 22.1 Å². The summed E-state index contributed by atoms with van der Waals surface area (Å²) in [5.41, 5.74) is 0.584. The molecule has 29 heavy (non-hydrogen) atoms. The van der Waals surface area contributed by atoms with Crippen molar-refractivity contribution in [1.82, 2.24) is 14.9 Å². The van der Waals surface area contributed by atoms with Gasteiger partial charge in [-0.3, -0.25) is 0 Å². The van der Waals surface area contributed by atoms with Crippen molar-refractivity contribution in [3.63, 3.8) is 0 Å². The molecule has 0 spiro atoms. The van der Waals surface area contributed by atoms with Crippen LogP contribution in [0, 0.1) is 6.92 Å². The van der Waals surface area contributed by atoms with Gasteiger partial charge in [0.25, 0.3) is 0 Å².